The second-order valence-corrected chi connectivity index (χ2v) is 6.50. The number of rotatable bonds is 3. The van der Waals surface area contributed by atoms with Crippen LogP contribution in [-0.4, -0.2) is 39.2 Å². The predicted molar refractivity (Wildman–Crippen MR) is 81.5 cm³/mol. The number of nitrogens with zero attached hydrogens (tertiary/aromatic N) is 3. The summed E-state index contributed by atoms with van der Waals surface area (Å²) in [5.74, 6) is 1.91. The lowest BCUT2D eigenvalue weighted by Gasteiger charge is -2.25. The highest BCUT2D eigenvalue weighted by Gasteiger charge is 2.31. The minimum absolute atomic E-state index is 0.189. The van der Waals surface area contributed by atoms with Crippen LogP contribution in [0.2, 0.25) is 0 Å². The molecule has 2 atom stereocenters. The maximum absolute atomic E-state index is 11.6. The fourth-order valence-corrected chi connectivity index (χ4v) is 3.54. The Labute approximate surface area is 136 Å². The Morgan fingerprint density at radius 3 is 2.83 bits per heavy atom. The number of hydrogen-bond acceptors (Lipinski definition) is 7. The van der Waals surface area contributed by atoms with Gasteiger partial charge in [0.1, 0.15) is 11.9 Å². The highest BCUT2D eigenvalue weighted by molar-refractivity contribution is 8.00. The monoisotopic (exact) mass is 333 g/mol. The minimum atomic E-state index is -0.327. The third-order valence-corrected chi connectivity index (χ3v) is 5.08. The van der Waals surface area contributed by atoms with Crippen molar-refractivity contribution in [2.24, 2.45) is 7.05 Å². The molecule has 0 bridgehead atoms. The SMILES string of the molecule is Cn1c(S[C@@H]2CCOC2=O)nnc1[C@@H]1COc2ccccc2O1. The Morgan fingerprint density at radius 2 is 2.04 bits per heavy atom. The summed E-state index contributed by atoms with van der Waals surface area (Å²) in [7, 11) is 1.86. The van der Waals surface area contributed by atoms with E-state index in [0.717, 1.165) is 5.75 Å². The molecule has 1 aromatic carbocycles. The third-order valence-electron chi connectivity index (χ3n) is 3.80. The van der Waals surface area contributed by atoms with Crippen LogP contribution in [-0.2, 0) is 16.6 Å². The summed E-state index contributed by atoms with van der Waals surface area (Å²) in [6.45, 7) is 0.844. The molecule has 7 nitrogen and oxygen atoms in total. The van der Waals surface area contributed by atoms with E-state index in [2.05, 4.69) is 10.2 Å². The molecule has 0 unspecified atom stereocenters. The van der Waals surface area contributed by atoms with Crippen molar-refractivity contribution in [1.82, 2.24) is 14.8 Å². The first-order valence-corrected chi connectivity index (χ1v) is 8.21. The summed E-state index contributed by atoms with van der Waals surface area (Å²) in [5.41, 5.74) is 0. The number of hydrogen-bond donors (Lipinski definition) is 0. The molecule has 0 amide bonds. The van der Waals surface area contributed by atoms with Gasteiger partial charge in [0.2, 0.25) is 0 Å². The van der Waals surface area contributed by atoms with Crippen LogP contribution in [0.25, 0.3) is 0 Å². The molecule has 1 fully saturated rings. The van der Waals surface area contributed by atoms with Gasteiger partial charge in [-0.05, 0) is 12.1 Å². The standard InChI is InChI=1S/C15H15N3O4S/c1-18-13(11-8-21-9-4-2-3-5-10(9)22-11)16-17-15(18)23-12-6-7-20-14(12)19/h2-5,11-12H,6-8H2,1H3/t11-,12+/m0/s1. The van der Waals surface area contributed by atoms with Gasteiger partial charge in [0, 0.05) is 13.5 Å². The molecule has 2 aromatic rings. The van der Waals surface area contributed by atoms with Crippen LogP contribution in [0.15, 0.2) is 29.4 Å². The largest absolute Gasteiger partial charge is 0.485 e. The van der Waals surface area contributed by atoms with Crippen molar-refractivity contribution in [2.45, 2.75) is 22.9 Å². The first-order chi connectivity index (χ1) is 11.2. The van der Waals surface area contributed by atoms with E-state index in [-0.39, 0.29) is 17.3 Å². The molecule has 0 spiro atoms. The number of benzene rings is 1. The Morgan fingerprint density at radius 1 is 1.22 bits per heavy atom. The van der Waals surface area contributed by atoms with Gasteiger partial charge in [-0.2, -0.15) is 0 Å². The van der Waals surface area contributed by atoms with E-state index in [4.69, 9.17) is 14.2 Å². The zero-order chi connectivity index (χ0) is 15.8. The average Bonchev–Trinajstić information content (AvgIpc) is 3.14. The van der Waals surface area contributed by atoms with Crippen LogP contribution in [0, 0.1) is 0 Å². The van der Waals surface area contributed by atoms with Crippen LogP contribution in [0.5, 0.6) is 11.5 Å². The Bertz CT molecular complexity index is 748. The Kier molecular flexibility index (Phi) is 3.60. The molecule has 120 valence electrons. The molecule has 23 heavy (non-hydrogen) atoms. The van der Waals surface area contributed by atoms with E-state index in [0.29, 0.717) is 36.4 Å². The quantitative estimate of drug-likeness (QED) is 0.792. The van der Waals surface area contributed by atoms with Crippen LogP contribution < -0.4 is 9.47 Å². The van der Waals surface area contributed by atoms with Crippen molar-refractivity contribution in [2.75, 3.05) is 13.2 Å². The summed E-state index contributed by atoms with van der Waals surface area (Å²) in [5, 5.41) is 8.85. The number of fused-ring (bicyclic) bond motifs is 1. The molecule has 1 aromatic heterocycles. The molecule has 0 saturated carbocycles. The molecule has 0 radical (unpaired) electrons. The number of para-hydroxylation sites is 2. The number of ether oxygens (including phenoxy) is 3. The molecular formula is C15H15N3O4S. The summed E-state index contributed by atoms with van der Waals surface area (Å²) in [4.78, 5) is 11.6. The van der Waals surface area contributed by atoms with Crippen LogP contribution in [0.3, 0.4) is 0 Å². The normalized spacial score (nSPS) is 22.9. The van der Waals surface area contributed by atoms with Crippen LogP contribution in [0.1, 0.15) is 18.3 Å². The number of thioether (sulfide) groups is 1. The van der Waals surface area contributed by atoms with Crippen molar-refractivity contribution < 1.29 is 19.0 Å². The molecule has 4 rings (SSSR count). The molecule has 2 aliphatic heterocycles. The maximum atomic E-state index is 11.6. The van der Waals surface area contributed by atoms with Gasteiger partial charge in [0.15, 0.2) is 28.6 Å². The van der Waals surface area contributed by atoms with E-state index < -0.39 is 0 Å². The van der Waals surface area contributed by atoms with Crippen molar-refractivity contribution >= 4 is 17.7 Å². The Balaban J connectivity index is 1.53. The lowest BCUT2D eigenvalue weighted by Crippen LogP contribution is -2.24. The van der Waals surface area contributed by atoms with Crippen molar-refractivity contribution in [3.63, 3.8) is 0 Å². The minimum Gasteiger partial charge on any atom is -0.485 e. The fourth-order valence-electron chi connectivity index (χ4n) is 2.57. The third kappa shape index (κ3) is 2.63. The zero-order valence-electron chi connectivity index (χ0n) is 12.5. The van der Waals surface area contributed by atoms with Crippen molar-refractivity contribution in [3.8, 4) is 11.5 Å². The van der Waals surface area contributed by atoms with Gasteiger partial charge in [-0.15, -0.1) is 10.2 Å². The number of esters is 1. The van der Waals surface area contributed by atoms with E-state index in [1.165, 1.54) is 11.8 Å². The zero-order valence-corrected chi connectivity index (χ0v) is 13.3. The fraction of sp³-hybridized carbons (Fsp3) is 0.400. The smallest absolute Gasteiger partial charge is 0.319 e. The van der Waals surface area contributed by atoms with Gasteiger partial charge in [-0.1, -0.05) is 23.9 Å². The first-order valence-electron chi connectivity index (χ1n) is 7.33. The number of cyclic esters (lactones) is 1. The molecule has 8 heteroatoms. The summed E-state index contributed by atoms with van der Waals surface area (Å²) >= 11 is 1.37. The topological polar surface area (TPSA) is 75.5 Å². The predicted octanol–water partition coefficient (Wildman–Crippen LogP) is 1.74. The highest BCUT2D eigenvalue weighted by atomic mass is 32.2. The maximum Gasteiger partial charge on any atom is 0.319 e. The van der Waals surface area contributed by atoms with Gasteiger partial charge in [-0.3, -0.25) is 4.79 Å². The van der Waals surface area contributed by atoms with Crippen molar-refractivity contribution in [1.29, 1.82) is 0 Å². The van der Waals surface area contributed by atoms with Gasteiger partial charge >= 0.3 is 5.97 Å². The second kappa shape index (κ2) is 5.77. The molecule has 2 aliphatic rings. The van der Waals surface area contributed by atoms with Gasteiger partial charge in [0.05, 0.1) is 6.61 Å². The highest BCUT2D eigenvalue weighted by Crippen LogP contribution is 2.36. The summed E-state index contributed by atoms with van der Waals surface area (Å²) in [6.07, 6.45) is 0.370. The molecule has 1 saturated heterocycles. The van der Waals surface area contributed by atoms with E-state index >= 15 is 0 Å². The number of aromatic nitrogens is 3. The van der Waals surface area contributed by atoms with Gasteiger partial charge < -0.3 is 18.8 Å². The van der Waals surface area contributed by atoms with E-state index in [1.54, 1.807) is 0 Å². The second-order valence-electron chi connectivity index (χ2n) is 5.33. The summed E-state index contributed by atoms with van der Waals surface area (Å²) < 4.78 is 18.5. The van der Waals surface area contributed by atoms with Crippen LogP contribution in [0.4, 0.5) is 0 Å². The summed E-state index contributed by atoms with van der Waals surface area (Å²) in [6, 6.07) is 7.53. The van der Waals surface area contributed by atoms with Gasteiger partial charge in [-0.25, -0.2) is 0 Å². The lowest BCUT2D eigenvalue weighted by molar-refractivity contribution is -0.137. The molecule has 3 heterocycles. The number of carbonyl (C=O) groups excluding carboxylic acids is 1. The van der Waals surface area contributed by atoms with Crippen molar-refractivity contribution in [3.05, 3.63) is 30.1 Å². The van der Waals surface area contributed by atoms with E-state index in [9.17, 15) is 4.79 Å². The number of carbonyl (C=O) groups is 1. The Hall–Kier alpha value is -2.22. The molecule has 0 aliphatic carbocycles. The first kappa shape index (κ1) is 14.4. The molecular weight excluding hydrogens is 318 g/mol. The van der Waals surface area contributed by atoms with E-state index in [1.807, 2.05) is 35.9 Å². The van der Waals surface area contributed by atoms with Crippen LogP contribution >= 0.6 is 11.8 Å². The van der Waals surface area contributed by atoms with Gasteiger partial charge in [0.25, 0.3) is 0 Å². The average molecular weight is 333 g/mol. The molecule has 0 N–H and O–H groups in total. The lowest BCUT2D eigenvalue weighted by atomic mass is 10.2.